The van der Waals surface area contributed by atoms with E-state index in [2.05, 4.69) is 10.3 Å². The lowest BCUT2D eigenvalue weighted by Gasteiger charge is -2.23. The van der Waals surface area contributed by atoms with Gasteiger partial charge in [-0.1, -0.05) is 48.5 Å². The summed E-state index contributed by atoms with van der Waals surface area (Å²) < 4.78 is 5.46. The van der Waals surface area contributed by atoms with Crippen molar-refractivity contribution in [2.45, 2.75) is 44.2 Å². The van der Waals surface area contributed by atoms with Crippen LogP contribution in [-0.2, 0) is 0 Å². The molecule has 23 heavy (non-hydrogen) atoms. The molecule has 2 rings (SSSR count). The SMILES string of the molecule is NC(=NCC(O)COc1cccc(Cl)c1Cl)NC1CCCCC1. The predicted octanol–water partition coefficient (Wildman–Crippen LogP) is 2.97. The Balaban J connectivity index is 1.74. The van der Waals surface area contributed by atoms with E-state index in [0.29, 0.717) is 27.8 Å². The number of nitrogens with one attached hydrogen (secondary N) is 1. The largest absolute Gasteiger partial charge is 0.489 e. The molecule has 0 saturated heterocycles. The van der Waals surface area contributed by atoms with Gasteiger partial charge in [-0.15, -0.1) is 0 Å². The minimum absolute atomic E-state index is 0.0697. The number of guanidine groups is 1. The maximum Gasteiger partial charge on any atom is 0.188 e. The van der Waals surface area contributed by atoms with Gasteiger partial charge in [0.15, 0.2) is 5.96 Å². The number of rotatable bonds is 6. The highest BCUT2D eigenvalue weighted by Crippen LogP contribution is 2.31. The molecule has 0 bridgehead atoms. The highest BCUT2D eigenvalue weighted by Gasteiger charge is 2.14. The summed E-state index contributed by atoms with van der Waals surface area (Å²) in [5.74, 6) is 0.812. The summed E-state index contributed by atoms with van der Waals surface area (Å²) in [5.41, 5.74) is 5.85. The summed E-state index contributed by atoms with van der Waals surface area (Å²) in [7, 11) is 0. The molecule has 1 aromatic carbocycles. The molecule has 1 atom stereocenters. The van der Waals surface area contributed by atoms with E-state index < -0.39 is 6.10 Å². The Bertz CT molecular complexity index is 534. The number of benzene rings is 1. The first-order valence-electron chi connectivity index (χ1n) is 7.87. The predicted molar refractivity (Wildman–Crippen MR) is 94.5 cm³/mol. The number of hydrogen-bond acceptors (Lipinski definition) is 3. The van der Waals surface area contributed by atoms with Crippen molar-refractivity contribution in [3.8, 4) is 5.75 Å². The zero-order valence-electron chi connectivity index (χ0n) is 13.0. The molecule has 1 saturated carbocycles. The Hall–Kier alpha value is -1.17. The summed E-state index contributed by atoms with van der Waals surface area (Å²) in [6.45, 7) is 0.240. The Morgan fingerprint density at radius 3 is 2.83 bits per heavy atom. The van der Waals surface area contributed by atoms with Crippen molar-refractivity contribution in [2.24, 2.45) is 10.7 Å². The second kappa shape index (κ2) is 9.21. The second-order valence-electron chi connectivity index (χ2n) is 5.72. The van der Waals surface area contributed by atoms with Crippen molar-refractivity contribution >= 4 is 29.2 Å². The molecule has 5 nitrogen and oxygen atoms in total. The minimum atomic E-state index is -0.767. The van der Waals surface area contributed by atoms with Crippen LogP contribution in [0.5, 0.6) is 5.75 Å². The maximum atomic E-state index is 9.93. The molecule has 1 unspecified atom stereocenters. The van der Waals surface area contributed by atoms with E-state index in [-0.39, 0.29) is 13.2 Å². The van der Waals surface area contributed by atoms with E-state index in [4.69, 9.17) is 33.7 Å². The van der Waals surface area contributed by atoms with Gasteiger partial charge in [0.1, 0.15) is 23.5 Å². The molecule has 1 aliphatic rings. The van der Waals surface area contributed by atoms with Crippen molar-refractivity contribution in [3.63, 3.8) is 0 Å². The molecule has 0 radical (unpaired) electrons. The van der Waals surface area contributed by atoms with Crippen molar-refractivity contribution in [1.82, 2.24) is 5.32 Å². The number of nitrogens with zero attached hydrogens (tertiary/aromatic N) is 1. The first kappa shape index (κ1) is 18.2. The van der Waals surface area contributed by atoms with E-state index in [0.717, 1.165) is 12.8 Å². The second-order valence-corrected chi connectivity index (χ2v) is 6.51. The molecule has 0 amide bonds. The molecule has 128 valence electrons. The number of nitrogens with two attached hydrogens (primary N) is 1. The molecule has 4 N–H and O–H groups in total. The third-order valence-corrected chi connectivity index (χ3v) is 4.58. The van der Waals surface area contributed by atoms with E-state index >= 15 is 0 Å². The van der Waals surface area contributed by atoms with Crippen LogP contribution in [0, 0.1) is 0 Å². The summed E-state index contributed by atoms with van der Waals surface area (Å²) in [6.07, 6.45) is 5.21. The smallest absolute Gasteiger partial charge is 0.188 e. The van der Waals surface area contributed by atoms with E-state index in [1.807, 2.05) is 0 Å². The molecular formula is C16H23Cl2N3O2. The van der Waals surface area contributed by atoms with Crippen LogP contribution in [0.15, 0.2) is 23.2 Å². The van der Waals surface area contributed by atoms with Crippen LogP contribution in [-0.4, -0.2) is 36.4 Å². The van der Waals surface area contributed by atoms with Gasteiger partial charge in [-0.2, -0.15) is 0 Å². The molecule has 1 aliphatic carbocycles. The molecule has 0 spiro atoms. The standard InChI is InChI=1S/C16H23Cl2N3O2/c17-13-7-4-8-14(15(13)18)23-10-12(22)9-20-16(19)21-11-5-2-1-3-6-11/h4,7-8,11-12,22H,1-3,5-6,9-10H2,(H3,19,20,21). The summed E-state index contributed by atoms with van der Waals surface area (Å²) in [4.78, 5) is 4.16. The summed E-state index contributed by atoms with van der Waals surface area (Å²) in [5, 5.41) is 13.9. The van der Waals surface area contributed by atoms with Gasteiger partial charge < -0.3 is 20.9 Å². The van der Waals surface area contributed by atoms with Gasteiger partial charge in [-0.25, -0.2) is 0 Å². The Kier molecular flexibility index (Phi) is 7.27. The van der Waals surface area contributed by atoms with Gasteiger partial charge in [0.2, 0.25) is 0 Å². The van der Waals surface area contributed by atoms with Crippen molar-refractivity contribution in [3.05, 3.63) is 28.2 Å². The third-order valence-electron chi connectivity index (χ3n) is 3.78. The normalized spacial score (nSPS) is 17.8. The summed E-state index contributed by atoms with van der Waals surface area (Å²) >= 11 is 11.9. The number of hydrogen-bond donors (Lipinski definition) is 3. The monoisotopic (exact) mass is 359 g/mol. The fourth-order valence-electron chi connectivity index (χ4n) is 2.54. The van der Waals surface area contributed by atoms with E-state index in [1.54, 1.807) is 18.2 Å². The molecule has 7 heteroatoms. The lowest BCUT2D eigenvalue weighted by Crippen LogP contribution is -2.41. The number of aliphatic hydroxyl groups excluding tert-OH is 1. The van der Waals surface area contributed by atoms with Gasteiger partial charge in [0.25, 0.3) is 0 Å². The van der Waals surface area contributed by atoms with Crippen molar-refractivity contribution < 1.29 is 9.84 Å². The molecule has 0 aromatic heterocycles. The number of aliphatic hydroxyl groups is 1. The average molecular weight is 360 g/mol. The number of halogens is 2. The Labute approximate surface area is 146 Å². The van der Waals surface area contributed by atoms with E-state index in [9.17, 15) is 5.11 Å². The highest BCUT2D eigenvalue weighted by molar-refractivity contribution is 6.42. The van der Waals surface area contributed by atoms with Crippen molar-refractivity contribution in [1.29, 1.82) is 0 Å². The van der Waals surface area contributed by atoms with Gasteiger partial charge in [0.05, 0.1) is 11.6 Å². The average Bonchev–Trinajstić information content (AvgIpc) is 2.55. The fraction of sp³-hybridized carbons (Fsp3) is 0.562. The quantitative estimate of drug-likeness (QED) is 0.538. The first-order valence-corrected chi connectivity index (χ1v) is 8.63. The van der Waals surface area contributed by atoms with Gasteiger partial charge in [-0.05, 0) is 25.0 Å². The first-order chi connectivity index (χ1) is 11.1. The maximum absolute atomic E-state index is 9.93. The lowest BCUT2D eigenvalue weighted by molar-refractivity contribution is 0.114. The molecular weight excluding hydrogens is 337 g/mol. The van der Waals surface area contributed by atoms with E-state index in [1.165, 1.54) is 19.3 Å². The topological polar surface area (TPSA) is 79.9 Å². The lowest BCUT2D eigenvalue weighted by atomic mass is 9.96. The molecule has 1 aromatic rings. The van der Waals surface area contributed by atoms with Crippen LogP contribution in [0.3, 0.4) is 0 Å². The van der Waals surface area contributed by atoms with Crippen LogP contribution >= 0.6 is 23.2 Å². The third kappa shape index (κ3) is 6.09. The fourth-order valence-corrected chi connectivity index (χ4v) is 2.89. The Morgan fingerprint density at radius 1 is 1.35 bits per heavy atom. The number of ether oxygens (including phenoxy) is 1. The molecule has 1 fully saturated rings. The van der Waals surface area contributed by atoms with Gasteiger partial charge in [0, 0.05) is 6.04 Å². The molecule has 0 heterocycles. The van der Waals surface area contributed by atoms with Crippen molar-refractivity contribution in [2.75, 3.05) is 13.2 Å². The van der Waals surface area contributed by atoms with Crippen LogP contribution in [0.25, 0.3) is 0 Å². The van der Waals surface area contributed by atoms with Crippen LogP contribution in [0.1, 0.15) is 32.1 Å². The van der Waals surface area contributed by atoms with Gasteiger partial charge in [-0.3, -0.25) is 4.99 Å². The van der Waals surface area contributed by atoms with Crippen LogP contribution < -0.4 is 15.8 Å². The highest BCUT2D eigenvalue weighted by atomic mass is 35.5. The minimum Gasteiger partial charge on any atom is -0.489 e. The van der Waals surface area contributed by atoms with Gasteiger partial charge >= 0.3 is 0 Å². The number of aliphatic imine (C=N–C) groups is 1. The van der Waals surface area contributed by atoms with Crippen LogP contribution in [0.2, 0.25) is 10.0 Å². The van der Waals surface area contributed by atoms with Crippen LogP contribution in [0.4, 0.5) is 0 Å². The molecule has 0 aliphatic heterocycles. The Morgan fingerprint density at radius 2 is 2.09 bits per heavy atom. The zero-order valence-corrected chi connectivity index (χ0v) is 14.5. The zero-order chi connectivity index (χ0) is 16.7. The summed E-state index contributed by atoms with van der Waals surface area (Å²) in [6, 6.07) is 5.50.